The van der Waals surface area contributed by atoms with E-state index in [2.05, 4.69) is 21.2 Å². The van der Waals surface area contributed by atoms with Crippen LogP contribution in [0.5, 0.6) is 11.5 Å². The van der Waals surface area contributed by atoms with E-state index < -0.39 is 0 Å². The zero-order valence-electron chi connectivity index (χ0n) is 9.40. The van der Waals surface area contributed by atoms with Gasteiger partial charge in [-0.05, 0) is 28.1 Å². The molecule has 0 radical (unpaired) electrons. The summed E-state index contributed by atoms with van der Waals surface area (Å²) in [5, 5.41) is 29.3. The number of benzene rings is 1. The van der Waals surface area contributed by atoms with Crippen molar-refractivity contribution < 1.29 is 9.47 Å². The van der Waals surface area contributed by atoms with Crippen molar-refractivity contribution >= 4 is 21.6 Å². The fourth-order valence-corrected chi connectivity index (χ4v) is 1.88. The van der Waals surface area contributed by atoms with Crippen LogP contribution in [0, 0.1) is 34.0 Å². The van der Waals surface area contributed by atoms with E-state index in [9.17, 15) is 0 Å². The van der Waals surface area contributed by atoms with Gasteiger partial charge in [-0.2, -0.15) is 15.8 Å². The molecule has 0 amide bonds. The van der Waals surface area contributed by atoms with Crippen molar-refractivity contribution in [1.29, 1.82) is 15.8 Å². The Bertz CT molecular complexity index is 675. The third kappa shape index (κ3) is 2.30. The first kappa shape index (κ1) is 12.8. The van der Waals surface area contributed by atoms with Crippen LogP contribution in [0.2, 0.25) is 0 Å². The molecular formula is C12H5BrN4O2. The van der Waals surface area contributed by atoms with E-state index in [4.69, 9.17) is 25.3 Å². The minimum atomic E-state index is -0.300. The maximum absolute atomic E-state index is 9.00. The fourth-order valence-electron chi connectivity index (χ4n) is 1.47. The predicted octanol–water partition coefficient (Wildman–Crippen LogP) is 2.41. The van der Waals surface area contributed by atoms with E-state index in [1.807, 2.05) is 0 Å². The number of fused-ring (bicyclic) bond motifs is 1. The van der Waals surface area contributed by atoms with Crippen LogP contribution in [0.3, 0.4) is 0 Å². The van der Waals surface area contributed by atoms with Crippen molar-refractivity contribution in [2.24, 2.45) is 0 Å². The first-order chi connectivity index (χ1) is 9.21. The average molecular weight is 317 g/mol. The highest BCUT2D eigenvalue weighted by Crippen LogP contribution is 2.44. The molecular weight excluding hydrogens is 312 g/mol. The van der Waals surface area contributed by atoms with E-state index in [-0.39, 0.29) is 18.1 Å². The molecule has 1 aromatic carbocycles. The van der Waals surface area contributed by atoms with Crippen molar-refractivity contribution in [3.63, 3.8) is 0 Å². The number of allylic oxidation sites excluding steroid dienone is 2. The Morgan fingerprint density at radius 3 is 2.53 bits per heavy atom. The molecule has 0 unspecified atom stereocenters. The number of anilines is 1. The van der Waals surface area contributed by atoms with Gasteiger partial charge >= 0.3 is 0 Å². The van der Waals surface area contributed by atoms with Gasteiger partial charge in [0.1, 0.15) is 29.6 Å². The van der Waals surface area contributed by atoms with E-state index >= 15 is 0 Å². The minimum absolute atomic E-state index is 0.0788. The number of hydrogen-bond donors (Lipinski definition) is 1. The first-order valence-corrected chi connectivity index (χ1v) is 5.80. The van der Waals surface area contributed by atoms with Crippen molar-refractivity contribution in [2.45, 2.75) is 0 Å². The molecule has 92 valence electrons. The largest absolute Gasteiger partial charge is 0.454 e. The Labute approximate surface area is 117 Å². The lowest BCUT2D eigenvalue weighted by Gasteiger charge is -2.10. The highest BCUT2D eigenvalue weighted by molar-refractivity contribution is 9.10. The van der Waals surface area contributed by atoms with Gasteiger partial charge in [-0.3, -0.25) is 0 Å². The van der Waals surface area contributed by atoms with Crippen LogP contribution in [-0.2, 0) is 0 Å². The molecule has 0 fully saturated rings. The Morgan fingerprint density at radius 1 is 1.16 bits per heavy atom. The fraction of sp³-hybridized carbons (Fsp3) is 0.0833. The van der Waals surface area contributed by atoms with E-state index in [1.54, 1.807) is 30.3 Å². The van der Waals surface area contributed by atoms with Gasteiger partial charge in [0, 0.05) is 4.47 Å². The summed E-state index contributed by atoms with van der Waals surface area (Å²) in [6.07, 6.45) is 0. The Kier molecular flexibility index (Phi) is 3.56. The van der Waals surface area contributed by atoms with Crippen LogP contribution < -0.4 is 14.8 Å². The number of hydrogen-bond acceptors (Lipinski definition) is 6. The van der Waals surface area contributed by atoms with Crippen molar-refractivity contribution in [3.8, 4) is 29.7 Å². The average Bonchev–Trinajstić information content (AvgIpc) is 2.89. The molecule has 0 saturated heterocycles. The summed E-state index contributed by atoms with van der Waals surface area (Å²) in [6, 6.07) is 8.51. The van der Waals surface area contributed by atoms with Gasteiger partial charge in [-0.25, -0.2) is 0 Å². The maximum Gasteiger partial charge on any atom is 0.231 e. The number of nitriles is 3. The number of ether oxygens (including phenoxy) is 2. The highest BCUT2D eigenvalue weighted by Gasteiger charge is 2.21. The van der Waals surface area contributed by atoms with Gasteiger partial charge < -0.3 is 14.8 Å². The molecule has 0 aliphatic carbocycles. The Hall–Kier alpha value is -2.69. The van der Waals surface area contributed by atoms with Gasteiger partial charge in [0.05, 0.1) is 0 Å². The second-order valence-corrected chi connectivity index (χ2v) is 4.22. The molecule has 1 heterocycles. The zero-order chi connectivity index (χ0) is 13.8. The van der Waals surface area contributed by atoms with Crippen molar-refractivity contribution in [1.82, 2.24) is 0 Å². The van der Waals surface area contributed by atoms with Crippen LogP contribution in [0.4, 0.5) is 5.69 Å². The molecule has 19 heavy (non-hydrogen) atoms. The second kappa shape index (κ2) is 5.30. The monoisotopic (exact) mass is 316 g/mol. The smallest absolute Gasteiger partial charge is 0.231 e. The molecule has 1 aliphatic heterocycles. The summed E-state index contributed by atoms with van der Waals surface area (Å²) in [4.78, 5) is 0. The normalized spacial score (nSPS) is 10.8. The number of nitrogens with one attached hydrogen (secondary N) is 1. The topological polar surface area (TPSA) is 102 Å². The molecule has 1 N–H and O–H groups in total. The molecule has 6 nitrogen and oxygen atoms in total. The van der Waals surface area contributed by atoms with E-state index in [1.165, 1.54) is 0 Å². The minimum Gasteiger partial charge on any atom is -0.454 e. The molecule has 0 saturated carbocycles. The SMILES string of the molecule is N#CC(C#N)=C(C#N)Nc1c(Br)ccc2c1OCO2. The number of halogens is 1. The Morgan fingerprint density at radius 2 is 1.89 bits per heavy atom. The highest BCUT2D eigenvalue weighted by atomic mass is 79.9. The lowest BCUT2D eigenvalue weighted by molar-refractivity contribution is 0.174. The predicted molar refractivity (Wildman–Crippen MR) is 67.8 cm³/mol. The third-order valence-electron chi connectivity index (χ3n) is 2.32. The molecule has 0 spiro atoms. The van der Waals surface area contributed by atoms with Crippen molar-refractivity contribution in [3.05, 3.63) is 27.9 Å². The number of nitrogens with zero attached hydrogens (tertiary/aromatic N) is 3. The van der Waals surface area contributed by atoms with Gasteiger partial charge in [0.15, 0.2) is 17.1 Å². The van der Waals surface area contributed by atoms with Gasteiger partial charge in [0.25, 0.3) is 0 Å². The molecule has 1 aromatic rings. The van der Waals surface area contributed by atoms with Gasteiger partial charge in [-0.1, -0.05) is 0 Å². The molecule has 2 rings (SSSR count). The third-order valence-corrected chi connectivity index (χ3v) is 2.98. The first-order valence-electron chi connectivity index (χ1n) is 5.01. The summed E-state index contributed by atoms with van der Waals surface area (Å²) >= 11 is 3.30. The van der Waals surface area contributed by atoms with Crippen LogP contribution >= 0.6 is 15.9 Å². The molecule has 0 aromatic heterocycles. The lowest BCUT2D eigenvalue weighted by atomic mass is 10.2. The quantitative estimate of drug-likeness (QED) is 0.840. The standard InChI is InChI=1S/C12H5BrN4O2/c13-8-1-2-10-12(19-6-18-10)11(8)17-9(5-16)7(3-14)4-15/h1-2,17H,6H2. The van der Waals surface area contributed by atoms with E-state index in [0.29, 0.717) is 21.7 Å². The molecule has 0 atom stereocenters. The molecule has 1 aliphatic rings. The van der Waals surface area contributed by atoms with Gasteiger partial charge in [-0.15, -0.1) is 0 Å². The zero-order valence-corrected chi connectivity index (χ0v) is 11.0. The Balaban J connectivity index is 2.49. The lowest BCUT2D eigenvalue weighted by Crippen LogP contribution is -2.02. The van der Waals surface area contributed by atoms with Crippen molar-refractivity contribution in [2.75, 3.05) is 12.1 Å². The molecule has 7 heteroatoms. The van der Waals surface area contributed by atoms with Crippen LogP contribution in [0.1, 0.15) is 0 Å². The second-order valence-electron chi connectivity index (χ2n) is 3.37. The molecule has 0 bridgehead atoms. The summed E-state index contributed by atoms with van der Waals surface area (Å²) in [6.45, 7) is 0.0788. The van der Waals surface area contributed by atoms with Crippen LogP contribution in [0.25, 0.3) is 0 Å². The summed E-state index contributed by atoms with van der Waals surface area (Å²) < 4.78 is 11.1. The van der Waals surface area contributed by atoms with E-state index in [0.717, 1.165) is 0 Å². The van der Waals surface area contributed by atoms with Gasteiger partial charge in [0.2, 0.25) is 6.79 Å². The maximum atomic E-state index is 9.00. The summed E-state index contributed by atoms with van der Waals surface area (Å²) in [7, 11) is 0. The summed E-state index contributed by atoms with van der Waals surface area (Å²) in [5.41, 5.74) is -0.00457. The number of rotatable bonds is 2. The summed E-state index contributed by atoms with van der Waals surface area (Å²) in [5.74, 6) is 0.954. The van der Waals surface area contributed by atoms with Crippen LogP contribution in [-0.4, -0.2) is 6.79 Å². The van der Waals surface area contributed by atoms with Crippen LogP contribution in [0.15, 0.2) is 27.9 Å².